The first kappa shape index (κ1) is 13.6. The molecule has 2 nitrogen and oxygen atoms in total. The lowest BCUT2D eigenvalue weighted by Crippen LogP contribution is -2.38. The second-order valence-corrected chi connectivity index (χ2v) is 5.34. The molecule has 1 N–H and O–H groups in total. The third-order valence-corrected chi connectivity index (χ3v) is 3.89. The zero-order chi connectivity index (χ0) is 13.0. The van der Waals surface area contributed by atoms with Crippen molar-refractivity contribution in [3.05, 3.63) is 35.4 Å². The highest BCUT2D eigenvalue weighted by Crippen LogP contribution is 2.35. The smallest absolute Gasteiger partial charge is 0.0943 e. The molecular formula is C16H24O2. The van der Waals surface area contributed by atoms with Crippen LogP contribution < -0.4 is 0 Å². The van der Waals surface area contributed by atoms with E-state index in [0.717, 1.165) is 31.2 Å². The Balaban J connectivity index is 2.20. The Morgan fingerprint density at radius 3 is 2.94 bits per heavy atom. The lowest BCUT2D eigenvalue weighted by Gasteiger charge is -2.37. The molecule has 18 heavy (non-hydrogen) atoms. The fraction of sp³-hybridized carbons (Fsp3) is 0.625. The van der Waals surface area contributed by atoms with Gasteiger partial charge in [0, 0.05) is 12.8 Å². The quantitative estimate of drug-likeness (QED) is 0.884. The lowest BCUT2D eigenvalue weighted by molar-refractivity contribution is -0.108. The summed E-state index contributed by atoms with van der Waals surface area (Å²) in [4.78, 5) is 0. The highest BCUT2D eigenvalue weighted by Gasteiger charge is 2.35. The van der Waals surface area contributed by atoms with Crippen molar-refractivity contribution in [2.75, 3.05) is 6.61 Å². The van der Waals surface area contributed by atoms with Gasteiger partial charge in [-0.3, -0.25) is 0 Å². The van der Waals surface area contributed by atoms with Crippen LogP contribution in [0.5, 0.6) is 0 Å². The molecule has 1 aliphatic rings. The van der Waals surface area contributed by atoms with Crippen molar-refractivity contribution in [3.63, 3.8) is 0 Å². The second-order valence-electron chi connectivity index (χ2n) is 5.34. The molecule has 0 radical (unpaired) electrons. The van der Waals surface area contributed by atoms with E-state index >= 15 is 0 Å². The molecule has 1 aliphatic heterocycles. The molecule has 2 rings (SSSR count). The Morgan fingerprint density at radius 1 is 1.39 bits per heavy atom. The van der Waals surface area contributed by atoms with Crippen LogP contribution in [0.3, 0.4) is 0 Å². The summed E-state index contributed by atoms with van der Waals surface area (Å²) in [5.41, 5.74) is 1.70. The molecule has 0 aliphatic carbocycles. The molecule has 2 unspecified atom stereocenters. The van der Waals surface area contributed by atoms with E-state index in [-0.39, 0.29) is 6.10 Å². The van der Waals surface area contributed by atoms with Gasteiger partial charge in [-0.1, -0.05) is 44.5 Å². The first-order chi connectivity index (χ1) is 8.68. The summed E-state index contributed by atoms with van der Waals surface area (Å²) in [6, 6.07) is 8.43. The third-order valence-electron chi connectivity index (χ3n) is 3.89. The van der Waals surface area contributed by atoms with Gasteiger partial charge in [0.05, 0.1) is 18.3 Å². The summed E-state index contributed by atoms with van der Waals surface area (Å²) < 4.78 is 5.66. The predicted molar refractivity (Wildman–Crippen MR) is 73.6 cm³/mol. The van der Waals surface area contributed by atoms with Crippen LogP contribution in [0.15, 0.2) is 24.3 Å². The van der Waals surface area contributed by atoms with Gasteiger partial charge in [0.25, 0.3) is 0 Å². The van der Waals surface area contributed by atoms with Gasteiger partial charge in [-0.2, -0.15) is 0 Å². The van der Waals surface area contributed by atoms with Crippen LogP contribution in [-0.4, -0.2) is 17.8 Å². The zero-order valence-electron chi connectivity index (χ0n) is 11.5. The van der Waals surface area contributed by atoms with Gasteiger partial charge in [0.15, 0.2) is 0 Å². The summed E-state index contributed by atoms with van der Waals surface area (Å²) in [5.74, 6) is 0. The van der Waals surface area contributed by atoms with E-state index in [1.807, 2.05) is 0 Å². The average molecular weight is 248 g/mol. The molecule has 100 valence electrons. The molecule has 0 amide bonds. The van der Waals surface area contributed by atoms with Crippen molar-refractivity contribution in [3.8, 4) is 0 Å². The number of ether oxygens (including phenoxy) is 1. The van der Waals surface area contributed by atoms with Crippen LogP contribution >= 0.6 is 0 Å². The Morgan fingerprint density at radius 2 is 2.22 bits per heavy atom. The average Bonchev–Trinajstić information content (AvgIpc) is 2.39. The first-order valence-corrected chi connectivity index (χ1v) is 7.11. The van der Waals surface area contributed by atoms with Crippen molar-refractivity contribution in [2.45, 2.75) is 57.7 Å². The van der Waals surface area contributed by atoms with Crippen molar-refractivity contribution < 1.29 is 9.84 Å². The van der Waals surface area contributed by atoms with Gasteiger partial charge in [0.1, 0.15) is 0 Å². The SMILES string of the molecule is CCCc1cccc(C2(O)CCOC(CC)C2)c1. The molecular weight excluding hydrogens is 224 g/mol. The molecule has 1 aromatic carbocycles. The minimum absolute atomic E-state index is 0.193. The largest absolute Gasteiger partial charge is 0.385 e. The molecule has 1 fully saturated rings. The normalized spacial score (nSPS) is 28.3. The summed E-state index contributed by atoms with van der Waals surface area (Å²) in [5, 5.41) is 10.9. The molecule has 1 heterocycles. The van der Waals surface area contributed by atoms with E-state index in [2.05, 4.69) is 38.1 Å². The van der Waals surface area contributed by atoms with Crippen molar-refractivity contribution in [1.29, 1.82) is 0 Å². The lowest BCUT2D eigenvalue weighted by atomic mass is 9.82. The van der Waals surface area contributed by atoms with E-state index < -0.39 is 5.60 Å². The van der Waals surface area contributed by atoms with Crippen molar-refractivity contribution in [1.82, 2.24) is 0 Å². The van der Waals surface area contributed by atoms with E-state index in [0.29, 0.717) is 13.0 Å². The number of benzene rings is 1. The maximum absolute atomic E-state index is 10.9. The Bertz CT molecular complexity index is 388. The molecule has 2 heteroatoms. The van der Waals surface area contributed by atoms with Crippen LogP contribution in [0.25, 0.3) is 0 Å². The fourth-order valence-corrected chi connectivity index (χ4v) is 2.76. The number of aliphatic hydroxyl groups is 1. The number of hydrogen-bond donors (Lipinski definition) is 1. The second kappa shape index (κ2) is 5.85. The number of hydrogen-bond acceptors (Lipinski definition) is 2. The monoisotopic (exact) mass is 248 g/mol. The van der Waals surface area contributed by atoms with Crippen LogP contribution in [0.1, 0.15) is 50.7 Å². The Kier molecular flexibility index (Phi) is 4.41. The molecule has 1 saturated heterocycles. The van der Waals surface area contributed by atoms with Gasteiger partial charge < -0.3 is 9.84 Å². The minimum atomic E-state index is -0.692. The van der Waals surface area contributed by atoms with Gasteiger partial charge in [0.2, 0.25) is 0 Å². The molecule has 0 bridgehead atoms. The van der Waals surface area contributed by atoms with Crippen LogP contribution in [0.2, 0.25) is 0 Å². The van der Waals surface area contributed by atoms with E-state index in [4.69, 9.17) is 4.74 Å². The van der Waals surface area contributed by atoms with Crippen LogP contribution in [0, 0.1) is 0 Å². The highest BCUT2D eigenvalue weighted by atomic mass is 16.5. The van der Waals surface area contributed by atoms with Gasteiger partial charge in [-0.25, -0.2) is 0 Å². The highest BCUT2D eigenvalue weighted by molar-refractivity contribution is 5.29. The maximum Gasteiger partial charge on any atom is 0.0943 e. The summed E-state index contributed by atoms with van der Waals surface area (Å²) >= 11 is 0. The molecule has 2 atom stereocenters. The van der Waals surface area contributed by atoms with Gasteiger partial charge in [-0.05, 0) is 24.0 Å². The summed E-state index contributed by atoms with van der Waals surface area (Å²) in [6.45, 7) is 4.96. The zero-order valence-corrected chi connectivity index (χ0v) is 11.5. The number of rotatable bonds is 4. The predicted octanol–water partition coefficient (Wildman–Crippen LogP) is 3.42. The number of aryl methyl sites for hydroxylation is 1. The Hall–Kier alpha value is -0.860. The fourth-order valence-electron chi connectivity index (χ4n) is 2.76. The van der Waals surface area contributed by atoms with Crippen molar-refractivity contribution >= 4 is 0 Å². The molecule has 0 saturated carbocycles. The summed E-state index contributed by atoms with van der Waals surface area (Å²) in [7, 11) is 0. The van der Waals surface area contributed by atoms with E-state index in [9.17, 15) is 5.11 Å². The Labute approximate surface area is 110 Å². The van der Waals surface area contributed by atoms with Crippen LogP contribution in [-0.2, 0) is 16.8 Å². The van der Waals surface area contributed by atoms with Gasteiger partial charge in [-0.15, -0.1) is 0 Å². The standard InChI is InChI=1S/C16H24O2/c1-3-6-13-7-5-8-14(11-13)16(17)9-10-18-15(4-2)12-16/h5,7-8,11,15,17H,3-4,6,9-10,12H2,1-2H3. The first-order valence-electron chi connectivity index (χ1n) is 7.11. The van der Waals surface area contributed by atoms with Gasteiger partial charge >= 0.3 is 0 Å². The van der Waals surface area contributed by atoms with E-state index in [1.54, 1.807) is 0 Å². The topological polar surface area (TPSA) is 29.5 Å². The molecule has 1 aromatic rings. The van der Waals surface area contributed by atoms with Crippen LogP contribution in [0.4, 0.5) is 0 Å². The third kappa shape index (κ3) is 2.93. The molecule has 0 spiro atoms. The van der Waals surface area contributed by atoms with Crippen molar-refractivity contribution in [2.24, 2.45) is 0 Å². The van der Waals surface area contributed by atoms with E-state index in [1.165, 1.54) is 5.56 Å². The summed E-state index contributed by atoms with van der Waals surface area (Å²) in [6.07, 6.45) is 4.81. The maximum atomic E-state index is 10.9. The minimum Gasteiger partial charge on any atom is -0.385 e. The molecule has 0 aromatic heterocycles.